The van der Waals surface area contributed by atoms with Gasteiger partial charge < -0.3 is 5.11 Å². The summed E-state index contributed by atoms with van der Waals surface area (Å²) in [5.41, 5.74) is 0.407. The monoisotopic (exact) mass is 330 g/mol. The highest BCUT2D eigenvalue weighted by molar-refractivity contribution is 8.00. The summed E-state index contributed by atoms with van der Waals surface area (Å²) in [6, 6.07) is 1.38. The lowest BCUT2D eigenvalue weighted by Gasteiger charge is -2.22. The molecular weight excluding hydrogens is 312 g/mol. The molecule has 0 aliphatic rings. The number of carboxylic acid groups (broad SMARTS) is 1. The summed E-state index contributed by atoms with van der Waals surface area (Å²) in [4.78, 5) is 14.3. The fraction of sp³-hybridized carbons (Fsp3) is 0.385. The molecule has 0 radical (unpaired) electrons. The van der Waals surface area contributed by atoms with Crippen LogP contribution in [0.15, 0.2) is 29.4 Å². The number of hydrogen-bond donors (Lipinski definition) is 2. The van der Waals surface area contributed by atoms with Crippen LogP contribution < -0.4 is 4.72 Å². The van der Waals surface area contributed by atoms with E-state index >= 15 is 0 Å². The van der Waals surface area contributed by atoms with Crippen molar-refractivity contribution in [2.24, 2.45) is 0 Å². The van der Waals surface area contributed by atoms with Gasteiger partial charge in [-0.15, -0.1) is 0 Å². The third-order valence-electron chi connectivity index (χ3n) is 2.70. The summed E-state index contributed by atoms with van der Waals surface area (Å²) in [5.74, 6) is -1.11. The van der Waals surface area contributed by atoms with E-state index in [1.807, 2.05) is 20.1 Å². The van der Waals surface area contributed by atoms with Crippen LogP contribution in [0, 0.1) is 0 Å². The van der Waals surface area contributed by atoms with Gasteiger partial charge in [0.05, 0.1) is 0 Å². The number of carbonyl (C=O) groups is 1. The summed E-state index contributed by atoms with van der Waals surface area (Å²) in [6.45, 7) is 4.15. The molecule has 0 atom stereocenters. The fourth-order valence-corrected chi connectivity index (χ4v) is 2.78. The van der Waals surface area contributed by atoms with Gasteiger partial charge in [-0.3, -0.25) is 4.98 Å². The minimum absolute atomic E-state index is 0.00643. The van der Waals surface area contributed by atoms with Crippen LogP contribution in [0.5, 0.6) is 0 Å². The number of thioether (sulfide) groups is 1. The maximum atomic E-state index is 12.2. The Hall–Kier alpha value is -1.38. The lowest BCUT2D eigenvalue weighted by atomic mass is 10.2. The summed E-state index contributed by atoms with van der Waals surface area (Å²) in [6.07, 6.45) is 6.75. The predicted octanol–water partition coefficient (Wildman–Crippen LogP) is 1.60. The first kappa shape index (κ1) is 17.7. The molecule has 0 fully saturated rings. The van der Waals surface area contributed by atoms with Crippen molar-refractivity contribution in [1.29, 1.82) is 0 Å². The van der Waals surface area contributed by atoms with Crippen molar-refractivity contribution in [1.82, 2.24) is 9.71 Å². The van der Waals surface area contributed by atoms with Gasteiger partial charge >= 0.3 is 5.97 Å². The molecule has 1 aromatic rings. The third-order valence-corrected chi connectivity index (χ3v) is 5.32. The smallest absolute Gasteiger partial charge is 0.328 e. The SMILES string of the molecule is CSC(C)(C)CNS(=O)(=O)c1cncc(/C=C/C(=O)O)c1. The van der Waals surface area contributed by atoms with E-state index in [2.05, 4.69) is 9.71 Å². The van der Waals surface area contributed by atoms with Crippen molar-refractivity contribution in [2.75, 3.05) is 12.8 Å². The molecule has 0 spiro atoms. The summed E-state index contributed by atoms with van der Waals surface area (Å²) >= 11 is 1.56. The average Bonchev–Trinajstić information content (AvgIpc) is 2.44. The molecule has 0 bridgehead atoms. The molecule has 1 aromatic heterocycles. The number of rotatable bonds is 7. The van der Waals surface area contributed by atoms with E-state index in [0.29, 0.717) is 5.56 Å². The van der Waals surface area contributed by atoms with E-state index in [4.69, 9.17) is 5.11 Å². The van der Waals surface area contributed by atoms with Gasteiger partial charge in [0, 0.05) is 29.8 Å². The number of aliphatic carboxylic acids is 1. The highest BCUT2D eigenvalue weighted by Gasteiger charge is 2.21. The van der Waals surface area contributed by atoms with Crippen LogP contribution in [0.4, 0.5) is 0 Å². The number of nitrogens with zero attached hydrogens (tertiary/aromatic N) is 1. The second-order valence-electron chi connectivity index (χ2n) is 4.91. The molecule has 2 N–H and O–H groups in total. The summed E-state index contributed by atoms with van der Waals surface area (Å²) < 4.78 is 26.7. The van der Waals surface area contributed by atoms with Gasteiger partial charge in [-0.1, -0.05) is 0 Å². The second-order valence-corrected chi connectivity index (χ2v) is 8.19. The van der Waals surface area contributed by atoms with Gasteiger partial charge in [0.25, 0.3) is 0 Å². The van der Waals surface area contributed by atoms with Crippen molar-refractivity contribution >= 4 is 33.8 Å². The van der Waals surface area contributed by atoms with Crippen LogP contribution in [-0.2, 0) is 14.8 Å². The van der Waals surface area contributed by atoms with E-state index in [9.17, 15) is 13.2 Å². The molecule has 8 heteroatoms. The molecule has 6 nitrogen and oxygen atoms in total. The third kappa shape index (κ3) is 5.86. The number of pyridine rings is 1. The first-order valence-corrected chi connectivity index (χ1v) is 8.78. The number of hydrogen-bond acceptors (Lipinski definition) is 5. The maximum absolute atomic E-state index is 12.2. The lowest BCUT2D eigenvalue weighted by molar-refractivity contribution is -0.131. The van der Waals surface area contributed by atoms with Gasteiger partial charge in [0.1, 0.15) is 4.90 Å². The minimum atomic E-state index is -3.67. The van der Waals surface area contributed by atoms with Crippen LogP contribution in [0.2, 0.25) is 0 Å². The van der Waals surface area contributed by atoms with Gasteiger partial charge in [-0.2, -0.15) is 11.8 Å². The molecule has 0 aromatic carbocycles. The van der Waals surface area contributed by atoms with E-state index in [0.717, 1.165) is 6.08 Å². The molecule has 0 amide bonds. The first-order valence-electron chi connectivity index (χ1n) is 6.07. The van der Waals surface area contributed by atoms with Crippen LogP contribution in [0.25, 0.3) is 6.08 Å². The van der Waals surface area contributed by atoms with Crippen molar-refractivity contribution in [3.63, 3.8) is 0 Å². The fourth-order valence-electron chi connectivity index (χ4n) is 1.27. The molecular formula is C13H18N2O4S2. The van der Waals surface area contributed by atoms with E-state index < -0.39 is 16.0 Å². The second kappa shape index (κ2) is 7.06. The van der Waals surface area contributed by atoms with Crippen molar-refractivity contribution in [2.45, 2.75) is 23.5 Å². The van der Waals surface area contributed by atoms with E-state index in [1.165, 1.54) is 24.5 Å². The Morgan fingerprint density at radius 1 is 1.48 bits per heavy atom. The Kier molecular flexibility index (Phi) is 5.94. The topological polar surface area (TPSA) is 96.4 Å². The van der Waals surface area contributed by atoms with Gasteiger partial charge in [-0.25, -0.2) is 17.9 Å². The zero-order valence-corrected chi connectivity index (χ0v) is 13.7. The summed E-state index contributed by atoms with van der Waals surface area (Å²) in [5, 5.41) is 8.56. The number of nitrogens with one attached hydrogen (secondary N) is 1. The molecule has 0 saturated carbocycles. The molecule has 116 valence electrons. The van der Waals surface area contributed by atoms with Crippen LogP contribution >= 0.6 is 11.8 Å². The Labute approximate surface area is 128 Å². The van der Waals surface area contributed by atoms with Crippen molar-refractivity contribution in [3.05, 3.63) is 30.1 Å². The van der Waals surface area contributed by atoms with Gasteiger partial charge in [0.2, 0.25) is 10.0 Å². The Balaban J connectivity index is 2.94. The Morgan fingerprint density at radius 2 is 2.14 bits per heavy atom. The zero-order chi connectivity index (χ0) is 16.1. The normalized spacial score (nSPS) is 12.7. The molecule has 0 aliphatic carbocycles. The lowest BCUT2D eigenvalue weighted by Crippen LogP contribution is -2.36. The van der Waals surface area contributed by atoms with Gasteiger partial charge in [0.15, 0.2) is 0 Å². The van der Waals surface area contributed by atoms with Crippen LogP contribution in [0.1, 0.15) is 19.4 Å². The maximum Gasteiger partial charge on any atom is 0.328 e. The van der Waals surface area contributed by atoms with Crippen LogP contribution in [0.3, 0.4) is 0 Å². The van der Waals surface area contributed by atoms with Crippen molar-refractivity contribution < 1.29 is 18.3 Å². The molecule has 1 heterocycles. The summed E-state index contributed by atoms with van der Waals surface area (Å²) in [7, 11) is -3.67. The molecule has 0 unspecified atom stereocenters. The standard InChI is InChI=1S/C13H18N2O4S2/c1-13(2,20-3)9-15-21(18,19)11-6-10(7-14-8-11)4-5-12(16)17/h4-8,15H,9H2,1-3H3,(H,16,17)/b5-4+. The van der Waals surface area contributed by atoms with E-state index in [-0.39, 0.29) is 16.2 Å². The highest BCUT2D eigenvalue weighted by Crippen LogP contribution is 2.20. The molecule has 0 saturated heterocycles. The molecule has 0 aliphatic heterocycles. The number of aromatic nitrogens is 1. The predicted molar refractivity (Wildman–Crippen MR) is 83.7 cm³/mol. The average molecular weight is 330 g/mol. The Bertz CT molecular complexity index is 639. The minimum Gasteiger partial charge on any atom is -0.478 e. The van der Waals surface area contributed by atoms with Crippen LogP contribution in [-0.4, -0.2) is 42.0 Å². The van der Waals surface area contributed by atoms with E-state index in [1.54, 1.807) is 11.8 Å². The molecule has 1 rings (SSSR count). The largest absolute Gasteiger partial charge is 0.478 e. The number of carboxylic acids is 1. The quantitative estimate of drug-likeness (QED) is 0.737. The Morgan fingerprint density at radius 3 is 2.71 bits per heavy atom. The number of sulfonamides is 1. The van der Waals surface area contributed by atoms with Crippen molar-refractivity contribution in [3.8, 4) is 0 Å². The zero-order valence-electron chi connectivity index (χ0n) is 12.0. The molecule has 21 heavy (non-hydrogen) atoms. The highest BCUT2D eigenvalue weighted by atomic mass is 32.2. The van der Waals surface area contributed by atoms with Gasteiger partial charge in [-0.05, 0) is 37.8 Å². The first-order chi connectivity index (χ1) is 9.66.